The third-order valence-corrected chi connectivity index (χ3v) is 3.04. The van der Waals surface area contributed by atoms with Crippen LogP contribution in [0, 0.1) is 0 Å². The Morgan fingerprint density at radius 1 is 0.850 bits per heavy atom. The number of hydrogen-bond donors (Lipinski definition) is 0. The molecule has 100 valence electrons. The predicted octanol–water partition coefficient (Wildman–Crippen LogP) is 3.84. The van der Waals surface area contributed by atoms with E-state index < -0.39 is 0 Å². The van der Waals surface area contributed by atoms with Crippen molar-refractivity contribution in [2.75, 3.05) is 0 Å². The molecule has 0 amide bonds. The van der Waals surface area contributed by atoms with Crippen molar-refractivity contribution in [3.8, 4) is 5.75 Å². The quantitative estimate of drug-likeness (QED) is 0.703. The van der Waals surface area contributed by atoms with E-state index in [4.69, 9.17) is 9.26 Å². The van der Waals surface area contributed by atoms with Gasteiger partial charge in [-0.25, -0.2) is 0 Å². The van der Waals surface area contributed by atoms with Crippen LogP contribution in [0.2, 0.25) is 0 Å². The highest BCUT2D eigenvalue weighted by atomic mass is 16.5. The zero-order chi connectivity index (χ0) is 13.6. The van der Waals surface area contributed by atoms with E-state index in [1.165, 1.54) is 11.1 Å². The van der Waals surface area contributed by atoms with Gasteiger partial charge in [0.25, 0.3) is 0 Å². The van der Waals surface area contributed by atoms with Gasteiger partial charge >= 0.3 is 0 Å². The van der Waals surface area contributed by atoms with Crippen LogP contribution >= 0.6 is 0 Å². The lowest BCUT2D eigenvalue weighted by Crippen LogP contribution is -1.95. The monoisotopic (exact) mass is 265 g/mol. The highest BCUT2D eigenvalue weighted by Crippen LogP contribution is 2.16. The van der Waals surface area contributed by atoms with E-state index in [1.807, 2.05) is 48.5 Å². The molecule has 3 rings (SSSR count). The number of aromatic nitrogens is 1. The summed E-state index contributed by atoms with van der Waals surface area (Å²) in [6, 6.07) is 20.1. The highest BCUT2D eigenvalue weighted by molar-refractivity contribution is 5.29. The van der Waals surface area contributed by atoms with Crippen molar-refractivity contribution in [1.82, 2.24) is 5.16 Å². The fourth-order valence-corrected chi connectivity index (χ4v) is 1.98. The van der Waals surface area contributed by atoms with Crippen LogP contribution in [0.1, 0.15) is 16.9 Å². The van der Waals surface area contributed by atoms with E-state index in [0.717, 1.165) is 17.9 Å². The lowest BCUT2D eigenvalue weighted by Gasteiger charge is -2.07. The molecule has 3 heteroatoms. The lowest BCUT2D eigenvalue weighted by molar-refractivity contribution is 0.306. The molecule has 0 saturated heterocycles. The number of nitrogens with zero attached hydrogens (tertiary/aromatic N) is 1. The minimum Gasteiger partial charge on any atom is -0.489 e. The van der Waals surface area contributed by atoms with E-state index in [9.17, 15) is 0 Å². The molecule has 3 aromatic rings. The summed E-state index contributed by atoms with van der Waals surface area (Å²) < 4.78 is 10.8. The van der Waals surface area contributed by atoms with E-state index >= 15 is 0 Å². The Bertz CT molecular complexity index is 631. The Morgan fingerprint density at radius 2 is 1.65 bits per heavy atom. The highest BCUT2D eigenvalue weighted by Gasteiger charge is 2.01. The number of rotatable bonds is 5. The van der Waals surface area contributed by atoms with Gasteiger partial charge in [-0.15, -0.1) is 0 Å². The largest absolute Gasteiger partial charge is 0.489 e. The molecule has 0 aliphatic rings. The van der Waals surface area contributed by atoms with Crippen molar-refractivity contribution in [3.63, 3.8) is 0 Å². The summed E-state index contributed by atoms with van der Waals surface area (Å²) in [6.45, 7) is 0.586. The average Bonchev–Trinajstić information content (AvgIpc) is 3.01. The molecular formula is C17H15NO2. The van der Waals surface area contributed by atoms with Gasteiger partial charge in [0.05, 0.1) is 6.20 Å². The van der Waals surface area contributed by atoms with Gasteiger partial charge in [0.15, 0.2) is 0 Å². The van der Waals surface area contributed by atoms with E-state index in [-0.39, 0.29) is 0 Å². The lowest BCUT2D eigenvalue weighted by atomic mass is 10.1. The van der Waals surface area contributed by atoms with Crippen LogP contribution in [-0.2, 0) is 13.0 Å². The van der Waals surface area contributed by atoms with Gasteiger partial charge < -0.3 is 9.26 Å². The van der Waals surface area contributed by atoms with Gasteiger partial charge in [0, 0.05) is 12.5 Å². The van der Waals surface area contributed by atoms with Crippen molar-refractivity contribution in [3.05, 3.63) is 83.7 Å². The molecule has 1 aromatic heterocycles. The van der Waals surface area contributed by atoms with Crippen LogP contribution in [0.25, 0.3) is 0 Å². The number of hydrogen-bond acceptors (Lipinski definition) is 3. The molecule has 2 aromatic carbocycles. The summed E-state index contributed by atoms with van der Waals surface area (Å²) in [6.07, 6.45) is 2.41. The topological polar surface area (TPSA) is 35.3 Å². The van der Waals surface area contributed by atoms with E-state index in [0.29, 0.717) is 6.61 Å². The van der Waals surface area contributed by atoms with Crippen LogP contribution < -0.4 is 4.74 Å². The van der Waals surface area contributed by atoms with Crippen molar-refractivity contribution in [2.45, 2.75) is 13.0 Å². The van der Waals surface area contributed by atoms with Crippen LogP contribution in [0.5, 0.6) is 5.75 Å². The molecule has 0 spiro atoms. The molecule has 0 atom stereocenters. The Morgan fingerprint density at radius 3 is 2.35 bits per heavy atom. The van der Waals surface area contributed by atoms with Gasteiger partial charge in [0.2, 0.25) is 0 Å². The van der Waals surface area contributed by atoms with Gasteiger partial charge in [-0.3, -0.25) is 0 Å². The second kappa shape index (κ2) is 6.06. The van der Waals surface area contributed by atoms with Crippen LogP contribution in [-0.4, -0.2) is 5.16 Å². The molecule has 20 heavy (non-hydrogen) atoms. The first-order valence-corrected chi connectivity index (χ1v) is 6.55. The average molecular weight is 265 g/mol. The zero-order valence-electron chi connectivity index (χ0n) is 11.0. The van der Waals surface area contributed by atoms with Gasteiger partial charge in [-0.2, -0.15) is 0 Å². The van der Waals surface area contributed by atoms with E-state index in [2.05, 4.69) is 17.3 Å². The summed E-state index contributed by atoms with van der Waals surface area (Å²) >= 11 is 0. The smallest absolute Gasteiger partial charge is 0.141 e. The molecule has 0 saturated carbocycles. The maximum Gasteiger partial charge on any atom is 0.141 e. The molecule has 0 aliphatic carbocycles. The second-order valence-corrected chi connectivity index (χ2v) is 4.57. The van der Waals surface area contributed by atoms with Crippen LogP contribution in [0.3, 0.4) is 0 Å². The van der Waals surface area contributed by atoms with Crippen molar-refractivity contribution < 1.29 is 9.26 Å². The molecule has 0 radical (unpaired) electrons. The van der Waals surface area contributed by atoms with Crippen LogP contribution in [0.4, 0.5) is 0 Å². The predicted molar refractivity (Wildman–Crippen MR) is 76.5 cm³/mol. The first kappa shape index (κ1) is 12.5. The standard InChI is InChI=1S/C17H15NO2/c1-2-4-15(5-3-1)13-19-16-8-6-14(7-9-16)12-17-10-11-18-20-17/h1-11H,12-13H2. The summed E-state index contributed by atoms with van der Waals surface area (Å²) in [5.41, 5.74) is 2.34. The summed E-state index contributed by atoms with van der Waals surface area (Å²) in [4.78, 5) is 0. The fraction of sp³-hybridized carbons (Fsp3) is 0.118. The maximum absolute atomic E-state index is 5.75. The minimum absolute atomic E-state index is 0.586. The van der Waals surface area contributed by atoms with Crippen molar-refractivity contribution >= 4 is 0 Å². The van der Waals surface area contributed by atoms with Crippen molar-refractivity contribution in [1.29, 1.82) is 0 Å². The summed E-state index contributed by atoms with van der Waals surface area (Å²) in [5, 5.41) is 3.70. The summed E-state index contributed by atoms with van der Waals surface area (Å²) in [5.74, 6) is 1.73. The summed E-state index contributed by atoms with van der Waals surface area (Å²) in [7, 11) is 0. The number of ether oxygens (including phenoxy) is 1. The number of benzene rings is 2. The molecule has 0 fully saturated rings. The van der Waals surface area contributed by atoms with Crippen LogP contribution in [0.15, 0.2) is 71.4 Å². The SMILES string of the molecule is c1ccc(COc2ccc(Cc3ccno3)cc2)cc1. The zero-order valence-corrected chi connectivity index (χ0v) is 11.0. The molecule has 3 nitrogen and oxygen atoms in total. The second-order valence-electron chi connectivity index (χ2n) is 4.57. The molecule has 0 N–H and O–H groups in total. The fourth-order valence-electron chi connectivity index (χ4n) is 1.98. The Hall–Kier alpha value is -2.55. The molecule has 0 unspecified atom stereocenters. The van der Waals surface area contributed by atoms with Gasteiger partial charge in [0.1, 0.15) is 18.1 Å². The van der Waals surface area contributed by atoms with Gasteiger partial charge in [-0.1, -0.05) is 47.6 Å². The maximum atomic E-state index is 5.75. The molecule has 1 heterocycles. The first-order valence-electron chi connectivity index (χ1n) is 6.55. The Kier molecular flexibility index (Phi) is 3.78. The normalized spacial score (nSPS) is 10.4. The third kappa shape index (κ3) is 3.26. The Labute approximate surface area is 117 Å². The molecule has 0 bridgehead atoms. The molecular weight excluding hydrogens is 250 g/mol. The minimum atomic E-state index is 0.586. The molecule has 0 aliphatic heterocycles. The van der Waals surface area contributed by atoms with E-state index in [1.54, 1.807) is 6.20 Å². The first-order chi connectivity index (χ1) is 9.90. The van der Waals surface area contributed by atoms with Gasteiger partial charge in [-0.05, 0) is 23.3 Å². The van der Waals surface area contributed by atoms with Crippen molar-refractivity contribution in [2.24, 2.45) is 0 Å². The third-order valence-electron chi connectivity index (χ3n) is 3.04. The Balaban J connectivity index is 1.59.